The van der Waals surface area contributed by atoms with Gasteiger partial charge in [0.1, 0.15) is 0 Å². The fourth-order valence-electron chi connectivity index (χ4n) is 2.39. The molecule has 1 aromatic rings. The van der Waals surface area contributed by atoms with Crippen LogP contribution in [-0.2, 0) is 13.1 Å². The normalized spacial score (nSPS) is 20.1. The Hall–Kier alpha value is -0.380. The van der Waals surface area contributed by atoms with Gasteiger partial charge in [0.2, 0.25) is 0 Å². The van der Waals surface area contributed by atoms with E-state index in [2.05, 4.69) is 22.3 Å². The van der Waals surface area contributed by atoms with E-state index in [4.69, 9.17) is 0 Å². The number of hydrogen-bond donors (Lipinski definition) is 1. The molecule has 0 spiro atoms. The molecule has 2 aliphatic rings. The van der Waals surface area contributed by atoms with E-state index in [0.717, 1.165) is 18.5 Å². The second kappa shape index (κ2) is 5.09. The number of thiophene rings is 1. The lowest BCUT2D eigenvalue weighted by atomic mass is 10.3. The predicted octanol–water partition coefficient (Wildman–Crippen LogP) is 2.84. The average Bonchev–Trinajstić information content (AvgIpc) is 3.20. The molecule has 17 heavy (non-hydrogen) atoms. The Morgan fingerprint density at radius 1 is 1.24 bits per heavy atom. The summed E-state index contributed by atoms with van der Waals surface area (Å²) in [5, 5.41) is 3.22. The number of nitrogens with zero attached hydrogens (tertiary/aromatic N) is 1. The first-order valence-corrected chi connectivity index (χ1v) is 7.63. The van der Waals surface area contributed by atoms with Gasteiger partial charge in [-0.2, -0.15) is 0 Å². The van der Waals surface area contributed by atoms with E-state index in [1.807, 2.05) is 18.4 Å². The van der Waals surface area contributed by atoms with Crippen molar-refractivity contribution >= 4 is 11.3 Å². The van der Waals surface area contributed by atoms with Crippen LogP contribution < -0.4 is 5.32 Å². The fourth-order valence-corrected chi connectivity index (χ4v) is 3.45. The molecule has 94 valence electrons. The molecule has 0 unspecified atom stereocenters. The van der Waals surface area contributed by atoms with Crippen LogP contribution in [0.15, 0.2) is 12.1 Å². The van der Waals surface area contributed by atoms with Crippen LogP contribution in [0.4, 0.5) is 0 Å². The molecule has 2 nitrogen and oxygen atoms in total. The van der Waals surface area contributed by atoms with Crippen LogP contribution in [0.3, 0.4) is 0 Å². The fraction of sp³-hybridized carbons (Fsp3) is 0.714. The lowest BCUT2D eigenvalue weighted by molar-refractivity contribution is 0.246. The second-order valence-corrected chi connectivity index (χ2v) is 6.76. The Balaban J connectivity index is 1.57. The first-order chi connectivity index (χ1) is 8.35. The molecule has 1 N–H and O–H groups in total. The van der Waals surface area contributed by atoms with Gasteiger partial charge in [-0.3, -0.25) is 4.90 Å². The van der Waals surface area contributed by atoms with E-state index in [-0.39, 0.29) is 0 Å². The number of nitrogens with one attached hydrogen (secondary N) is 1. The number of hydrogen-bond acceptors (Lipinski definition) is 3. The van der Waals surface area contributed by atoms with Crippen molar-refractivity contribution < 1.29 is 0 Å². The summed E-state index contributed by atoms with van der Waals surface area (Å²) in [5.41, 5.74) is 0. The zero-order valence-corrected chi connectivity index (χ0v) is 11.4. The van der Waals surface area contributed by atoms with E-state index in [1.54, 1.807) is 4.88 Å². The van der Waals surface area contributed by atoms with Crippen molar-refractivity contribution in [2.75, 3.05) is 13.6 Å². The van der Waals surface area contributed by atoms with Crippen LogP contribution in [0, 0.1) is 5.92 Å². The first kappa shape index (κ1) is 11.7. The number of rotatable bonds is 7. The zero-order chi connectivity index (χ0) is 11.7. The summed E-state index contributed by atoms with van der Waals surface area (Å²) in [5.74, 6) is 1.02. The van der Waals surface area contributed by atoms with Crippen LogP contribution in [0.5, 0.6) is 0 Å². The summed E-state index contributed by atoms with van der Waals surface area (Å²) >= 11 is 1.97. The maximum atomic E-state index is 3.22. The minimum atomic E-state index is 0.908. The van der Waals surface area contributed by atoms with Crippen LogP contribution in [-0.4, -0.2) is 24.5 Å². The summed E-state index contributed by atoms with van der Waals surface area (Å²) in [6.07, 6.45) is 5.81. The van der Waals surface area contributed by atoms with Gasteiger partial charge in [0, 0.05) is 35.4 Å². The maximum Gasteiger partial charge on any atom is 0.0331 e. The van der Waals surface area contributed by atoms with Gasteiger partial charge in [-0.15, -0.1) is 11.3 Å². The van der Waals surface area contributed by atoms with Crippen LogP contribution in [0.25, 0.3) is 0 Å². The highest BCUT2D eigenvalue weighted by molar-refractivity contribution is 7.11. The highest BCUT2D eigenvalue weighted by atomic mass is 32.1. The van der Waals surface area contributed by atoms with Crippen LogP contribution >= 0.6 is 11.3 Å². The Morgan fingerprint density at radius 2 is 2.00 bits per heavy atom. The SMILES string of the molecule is CNCc1ccc(CN(CC2CC2)C2CC2)s1. The molecule has 1 aromatic heterocycles. The summed E-state index contributed by atoms with van der Waals surface area (Å²) in [7, 11) is 2.02. The van der Waals surface area contributed by atoms with Crippen molar-refractivity contribution in [1.29, 1.82) is 0 Å². The maximum absolute atomic E-state index is 3.22. The Bertz CT molecular complexity index is 366. The lowest BCUT2D eigenvalue weighted by Crippen LogP contribution is -2.27. The highest BCUT2D eigenvalue weighted by Crippen LogP contribution is 2.36. The summed E-state index contributed by atoms with van der Waals surface area (Å²) in [4.78, 5) is 5.74. The van der Waals surface area contributed by atoms with Crippen molar-refractivity contribution in [3.8, 4) is 0 Å². The first-order valence-electron chi connectivity index (χ1n) is 6.81. The van der Waals surface area contributed by atoms with Gasteiger partial charge in [-0.05, 0) is 50.8 Å². The third-order valence-corrected chi connectivity index (χ3v) is 4.75. The molecular weight excluding hydrogens is 228 g/mol. The van der Waals surface area contributed by atoms with Crippen molar-refractivity contribution in [2.45, 2.75) is 44.8 Å². The summed E-state index contributed by atoms with van der Waals surface area (Å²) in [6.45, 7) is 3.55. The molecule has 2 aliphatic carbocycles. The standard InChI is InChI=1S/C14H22N2S/c1-15-8-13-6-7-14(17-13)10-16(12-4-5-12)9-11-2-3-11/h6-7,11-12,15H,2-5,8-10H2,1H3. The third kappa shape index (κ3) is 3.30. The van der Waals surface area contributed by atoms with Gasteiger partial charge in [0.05, 0.1) is 0 Å². The van der Waals surface area contributed by atoms with E-state index in [1.165, 1.54) is 43.6 Å². The molecule has 3 heteroatoms. The highest BCUT2D eigenvalue weighted by Gasteiger charge is 2.33. The van der Waals surface area contributed by atoms with E-state index < -0.39 is 0 Å². The molecule has 0 amide bonds. The molecule has 0 saturated heterocycles. The Labute approximate surface area is 108 Å². The van der Waals surface area contributed by atoms with Crippen LogP contribution in [0.2, 0.25) is 0 Å². The van der Waals surface area contributed by atoms with Gasteiger partial charge in [0.15, 0.2) is 0 Å². The minimum Gasteiger partial charge on any atom is -0.315 e. The molecule has 0 bridgehead atoms. The lowest BCUT2D eigenvalue weighted by Gasteiger charge is -2.20. The molecule has 0 atom stereocenters. The quantitative estimate of drug-likeness (QED) is 0.800. The molecular formula is C14H22N2S. The van der Waals surface area contributed by atoms with Gasteiger partial charge in [0.25, 0.3) is 0 Å². The Kier molecular flexibility index (Phi) is 3.50. The second-order valence-electron chi connectivity index (χ2n) is 5.50. The van der Waals surface area contributed by atoms with Crippen LogP contribution in [0.1, 0.15) is 35.4 Å². The van der Waals surface area contributed by atoms with Crippen molar-refractivity contribution in [3.63, 3.8) is 0 Å². The van der Waals surface area contributed by atoms with Gasteiger partial charge in [-0.1, -0.05) is 0 Å². The molecule has 2 saturated carbocycles. The van der Waals surface area contributed by atoms with E-state index in [9.17, 15) is 0 Å². The van der Waals surface area contributed by atoms with Crippen molar-refractivity contribution in [3.05, 3.63) is 21.9 Å². The molecule has 0 aromatic carbocycles. The van der Waals surface area contributed by atoms with E-state index in [0.29, 0.717) is 0 Å². The van der Waals surface area contributed by atoms with Gasteiger partial charge in [-0.25, -0.2) is 0 Å². The molecule has 0 radical (unpaired) electrons. The van der Waals surface area contributed by atoms with E-state index >= 15 is 0 Å². The van der Waals surface area contributed by atoms with Crippen molar-refractivity contribution in [2.24, 2.45) is 5.92 Å². The largest absolute Gasteiger partial charge is 0.315 e. The smallest absolute Gasteiger partial charge is 0.0331 e. The zero-order valence-electron chi connectivity index (χ0n) is 10.6. The van der Waals surface area contributed by atoms with Gasteiger partial charge >= 0.3 is 0 Å². The van der Waals surface area contributed by atoms with Crippen molar-refractivity contribution in [1.82, 2.24) is 10.2 Å². The topological polar surface area (TPSA) is 15.3 Å². The molecule has 1 heterocycles. The molecule has 2 fully saturated rings. The monoisotopic (exact) mass is 250 g/mol. The molecule has 3 rings (SSSR count). The third-order valence-electron chi connectivity index (χ3n) is 3.68. The summed E-state index contributed by atoms with van der Waals surface area (Å²) in [6, 6.07) is 5.50. The Morgan fingerprint density at radius 3 is 2.65 bits per heavy atom. The molecule has 0 aliphatic heterocycles. The summed E-state index contributed by atoms with van der Waals surface area (Å²) < 4.78 is 0. The average molecular weight is 250 g/mol. The van der Waals surface area contributed by atoms with Gasteiger partial charge < -0.3 is 5.32 Å². The minimum absolute atomic E-state index is 0.908. The predicted molar refractivity (Wildman–Crippen MR) is 73.2 cm³/mol.